The van der Waals surface area contributed by atoms with Gasteiger partial charge in [0.25, 0.3) is 0 Å². The molecule has 0 spiro atoms. The Balaban J connectivity index is 1.88. The maximum absolute atomic E-state index is 5.82. The summed E-state index contributed by atoms with van der Waals surface area (Å²) in [5.41, 5.74) is 7.13. The predicted molar refractivity (Wildman–Crippen MR) is 87.0 cm³/mol. The van der Waals surface area contributed by atoms with Crippen LogP contribution in [0.2, 0.25) is 0 Å². The first-order valence-electron chi connectivity index (χ1n) is 7.16. The molecule has 0 aromatic heterocycles. The monoisotopic (exact) mass is 269 g/mol. The predicted octanol–water partition coefficient (Wildman–Crippen LogP) is 2.94. The molecule has 0 aliphatic rings. The van der Waals surface area contributed by atoms with Crippen molar-refractivity contribution in [3.05, 3.63) is 48.0 Å². The number of nitrogens with one attached hydrogen (secondary N) is 1. The van der Waals surface area contributed by atoms with E-state index < -0.39 is 0 Å². The lowest BCUT2D eigenvalue weighted by Gasteiger charge is -2.07. The van der Waals surface area contributed by atoms with Crippen molar-refractivity contribution in [1.82, 2.24) is 5.32 Å². The average Bonchev–Trinajstić information content (AvgIpc) is 2.45. The topological polar surface area (TPSA) is 50.4 Å². The average molecular weight is 269 g/mol. The zero-order valence-electron chi connectivity index (χ0n) is 12.3. The lowest BCUT2D eigenvalue weighted by molar-refractivity contribution is 0.661. The molecule has 0 heterocycles. The van der Waals surface area contributed by atoms with Gasteiger partial charge in [0.05, 0.1) is 0 Å². The second-order valence-electron chi connectivity index (χ2n) is 5.48. The van der Waals surface area contributed by atoms with Crippen LogP contribution in [0.4, 0.5) is 0 Å². The number of benzene rings is 2. The molecule has 3 heteroatoms. The number of nitrogens with zero attached hydrogens (tertiary/aromatic N) is 1. The van der Waals surface area contributed by atoms with Gasteiger partial charge in [0.1, 0.15) is 0 Å². The van der Waals surface area contributed by atoms with Gasteiger partial charge in [0.15, 0.2) is 5.96 Å². The van der Waals surface area contributed by atoms with E-state index in [0.717, 1.165) is 19.5 Å². The van der Waals surface area contributed by atoms with Crippen LogP contribution < -0.4 is 11.1 Å². The van der Waals surface area contributed by atoms with Gasteiger partial charge < -0.3 is 11.1 Å². The fourth-order valence-corrected chi connectivity index (χ4v) is 2.07. The third kappa shape index (κ3) is 4.26. The molecule has 3 N–H and O–H groups in total. The van der Waals surface area contributed by atoms with Gasteiger partial charge in [-0.25, -0.2) is 0 Å². The maximum Gasteiger partial charge on any atom is 0.188 e. The summed E-state index contributed by atoms with van der Waals surface area (Å²) in [5.74, 6) is 1.08. The quantitative estimate of drug-likeness (QED) is 0.647. The summed E-state index contributed by atoms with van der Waals surface area (Å²) in [6.07, 6.45) is 0.947. The van der Waals surface area contributed by atoms with E-state index in [9.17, 15) is 0 Å². The Morgan fingerprint density at radius 3 is 2.65 bits per heavy atom. The Hall–Kier alpha value is -2.03. The summed E-state index contributed by atoms with van der Waals surface area (Å²) in [7, 11) is 0. The first-order valence-corrected chi connectivity index (χ1v) is 7.16. The van der Waals surface area contributed by atoms with Gasteiger partial charge in [0, 0.05) is 13.1 Å². The smallest absolute Gasteiger partial charge is 0.188 e. The fourth-order valence-electron chi connectivity index (χ4n) is 2.07. The number of hydrogen-bond acceptors (Lipinski definition) is 1. The number of guanidine groups is 1. The number of rotatable bonds is 5. The van der Waals surface area contributed by atoms with Crippen molar-refractivity contribution >= 4 is 16.7 Å². The molecule has 2 aromatic carbocycles. The lowest BCUT2D eigenvalue weighted by Crippen LogP contribution is -2.33. The van der Waals surface area contributed by atoms with E-state index in [1.54, 1.807) is 0 Å². The zero-order valence-corrected chi connectivity index (χ0v) is 12.3. The standard InChI is InChI=1S/C17H23N3/c1-13(2)12-20-17(18)19-10-9-14-7-8-15-5-3-4-6-16(15)11-14/h3-8,11,13H,9-10,12H2,1-2H3,(H3,18,19,20). The van der Waals surface area contributed by atoms with Gasteiger partial charge in [-0.15, -0.1) is 0 Å². The van der Waals surface area contributed by atoms with Crippen LogP contribution in [0.25, 0.3) is 10.8 Å². The largest absolute Gasteiger partial charge is 0.370 e. The molecular weight excluding hydrogens is 246 g/mol. The Bertz CT molecular complexity index is 588. The molecule has 0 unspecified atom stereocenters. The second kappa shape index (κ2) is 6.94. The van der Waals surface area contributed by atoms with E-state index in [1.807, 2.05) is 0 Å². The van der Waals surface area contributed by atoms with Gasteiger partial charge >= 0.3 is 0 Å². The van der Waals surface area contributed by atoms with Crippen LogP contribution in [-0.2, 0) is 6.42 Å². The first kappa shape index (κ1) is 14.4. The third-order valence-corrected chi connectivity index (χ3v) is 3.16. The molecule has 20 heavy (non-hydrogen) atoms. The van der Waals surface area contributed by atoms with Crippen LogP contribution in [0.3, 0.4) is 0 Å². The van der Waals surface area contributed by atoms with E-state index in [0.29, 0.717) is 11.9 Å². The molecule has 0 saturated carbocycles. The molecule has 0 atom stereocenters. The fraction of sp³-hybridized carbons (Fsp3) is 0.353. The number of aliphatic imine (C=N–C) groups is 1. The van der Waals surface area contributed by atoms with Gasteiger partial charge in [-0.05, 0) is 28.7 Å². The molecule has 0 amide bonds. The summed E-state index contributed by atoms with van der Waals surface area (Å²) < 4.78 is 0. The van der Waals surface area contributed by atoms with Crippen molar-refractivity contribution in [2.45, 2.75) is 20.3 Å². The summed E-state index contributed by atoms with van der Waals surface area (Å²) >= 11 is 0. The van der Waals surface area contributed by atoms with Crippen molar-refractivity contribution in [3.8, 4) is 0 Å². The number of fused-ring (bicyclic) bond motifs is 1. The van der Waals surface area contributed by atoms with E-state index in [-0.39, 0.29) is 0 Å². The Kier molecular flexibility index (Phi) is 4.99. The molecule has 2 rings (SSSR count). The van der Waals surface area contributed by atoms with E-state index >= 15 is 0 Å². The van der Waals surface area contributed by atoms with Crippen LogP contribution in [0.1, 0.15) is 19.4 Å². The van der Waals surface area contributed by atoms with E-state index in [4.69, 9.17) is 5.73 Å². The van der Waals surface area contributed by atoms with E-state index in [2.05, 4.69) is 66.6 Å². The van der Waals surface area contributed by atoms with Crippen molar-refractivity contribution in [2.75, 3.05) is 13.1 Å². The van der Waals surface area contributed by atoms with Crippen LogP contribution in [0.5, 0.6) is 0 Å². The summed E-state index contributed by atoms with van der Waals surface area (Å²) in [6.45, 7) is 5.85. The molecule has 3 nitrogen and oxygen atoms in total. The van der Waals surface area contributed by atoms with Crippen molar-refractivity contribution in [3.63, 3.8) is 0 Å². The van der Waals surface area contributed by atoms with Gasteiger partial charge in [-0.2, -0.15) is 0 Å². The normalized spacial score (nSPS) is 12.1. The molecule has 106 valence electrons. The molecule has 0 aliphatic carbocycles. The van der Waals surface area contributed by atoms with Gasteiger partial charge in [-0.1, -0.05) is 56.3 Å². The van der Waals surface area contributed by atoms with Crippen LogP contribution in [-0.4, -0.2) is 19.0 Å². The highest BCUT2D eigenvalue weighted by Crippen LogP contribution is 2.15. The molecule has 0 radical (unpaired) electrons. The molecule has 0 bridgehead atoms. The minimum Gasteiger partial charge on any atom is -0.370 e. The summed E-state index contributed by atoms with van der Waals surface area (Å²) in [5, 5.41) is 5.73. The number of nitrogens with two attached hydrogens (primary N) is 1. The van der Waals surface area contributed by atoms with Gasteiger partial charge in [0.2, 0.25) is 0 Å². The molecule has 0 aliphatic heterocycles. The maximum atomic E-state index is 5.82. The Morgan fingerprint density at radius 2 is 1.90 bits per heavy atom. The third-order valence-electron chi connectivity index (χ3n) is 3.16. The van der Waals surface area contributed by atoms with E-state index in [1.165, 1.54) is 16.3 Å². The minimum atomic E-state index is 0.538. The molecule has 0 saturated heterocycles. The summed E-state index contributed by atoms with van der Waals surface area (Å²) in [6, 6.07) is 15.0. The van der Waals surface area contributed by atoms with Crippen molar-refractivity contribution in [1.29, 1.82) is 0 Å². The van der Waals surface area contributed by atoms with Crippen LogP contribution in [0.15, 0.2) is 47.5 Å². The van der Waals surface area contributed by atoms with Crippen LogP contribution in [0, 0.1) is 5.92 Å². The SMILES string of the molecule is CC(C)CN=C(N)NCCc1ccc2ccccc2c1. The molecular formula is C17H23N3. The lowest BCUT2D eigenvalue weighted by atomic mass is 10.1. The number of hydrogen-bond donors (Lipinski definition) is 2. The highest BCUT2D eigenvalue weighted by Gasteiger charge is 1.98. The minimum absolute atomic E-state index is 0.538. The second-order valence-corrected chi connectivity index (χ2v) is 5.48. The highest BCUT2D eigenvalue weighted by atomic mass is 15.1. The first-order chi connectivity index (χ1) is 9.65. The van der Waals surface area contributed by atoms with Gasteiger partial charge in [-0.3, -0.25) is 4.99 Å². The van der Waals surface area contributed by atoms with Crippen LogP contribution >= 0.6 is 0 Å². The van der Waals surface area contributed by atoms with Crippen molar-refractivity contribution in [2.24, 2.45) is 16.6 Å². The summed E-state index contributed by atoms with van der Waals surface area (Å²) in [4.78, 5) is 4.29. The Labute approximate surface area is 120 Å². The zero-order chi connectivity index (χ0) is 14.4. The highest BCUT2D eigenvalue weighted by molar-refractivity contribution is 5.83. The molecule has 0 fully saturated rings. The molecule has 2 aromatic rings. The Morgan fingerprint density at radius 1 is 1.15 bits per heavy atom. The van der Waals surface area contributed by atoms with Crippen molar-refractivity contribution < 1.29 is 0 Å².